The predicted molar refractivity (Wildman–Crippen MR) is 84.9 cm³/mol. The maximum absolute atomic E-state index is 12.7. The molecule has 2 N–H and O–H groups in total. The summed E-state index contributed by atoms with van der Waals surface area (Å²) in [5, 5.41) is 0. The maximum Gasteiger partial charge on any atom is 0.242 e. The van der Waals surface area contributed by atoms with E-state index in [0.29, 0.717) is 19.5 Å². The Balaban J connectivity index is 2.82. The summed E-state index contributed by atoms with van der Waals surface area (Å²) in [6, 6.07) is 3.83. The molecule has 0 aliphatic rings. The van der Waals surface area contributed by atoms with Gasteiger partial charge in [0.05, 0.1) is 12.1 Å². The fourth-order valence-electron chi connectivity index (χ4n) is 2.32. The van der Waals surface area contributed by atoms with Crippen LogP contribution in [0.5, 0.6) is 0 Å². The molecule has 1 amide bonds. The molecule has 0 fully saturated rings. The van der Waals surface area contributed by atoms with Gasteiger partial charge in [0.25, 0.3) is 0 Å². The van der Waals surface area contributed by atoms with E-state index in [1.807, 2.05) is 47.0 Å². The van der Waals surface area contributed by atoms with Crippen molar-refractivity contribution in [2.45, 2.75) is 45.7 Å². The van der Waals surface area contributed by atoms with Crippen molar-refractivity contribution in [3.05, 3.63) is 23.7 Å². The van der Waals surface area contributed by atoms with Crippen LogP contribution in [0.25, 0.3) is 0 Å². The third-order valence-corrected chi connectivity index (χ3v) is 3.50. The van der Waals surface area contributed by atoms with E-state index in [4.69, 9.17) is 10.2 Å². The standard InChI is InChI=1S/C16H29N3O2/c1-6-9-16(3,17)15(20)19(11-10-18(4)5)12-14-8-7-13(2)21-14/h7-8H,6,9-12,17H2,1-5H3. The SMILES string of the molecule is CCCC(C)(N)C(=O)N(CCN(C)C)Cc1ccc(C)o1. The molecule has 0 spiro atoms. The Morgan fingerprint density at radius 1 is 1.33 bits per heavy atom. The van der Waals surface area contributed by atoms with Crippen molar-refractivity contribution in [3.8, 4) is 0 Å². The second-order valence-corrected chi connectivity index (χ2v) is 6.21. The third kappa shape index (κ3) is 5.52. The minimum Gasteiger partial charge on any atom is -0.464 e. The zero-order valence-electron chi connectivity index (χ0n) is 14.0. The van der Waals surface area contributed by atoms with E-state index in [-0.39, 0.29) is 5.91 Å². The molecule has 1 heterocycles. The van der Waals surface area contributed by atoms with Gasteiger partial charge in [-0.2, -0.15) is 0 Å². The highest BCUT2D eigenvalue weighted by molar-refractivity contribution is 5.85. The third-order valence-electron chi connectivity index (χ3n) is 3.50. The van der Waals surface area contributed by atoms with Crippen LogP contribution in [0, 0.1) is 6.92 Å². The van der Waals surface area contributed by atoms with Crippen molar-refractivity contribution in [2.24, 2.45) is 5.73 Å². The number of aryl methyl sites for hydroxylation is 1. The highest BCUT2D eigenvalue weighted by Gasteiger charge is 2.32. The number of hydrogen-bond acceptors (Lipinski definition) is 4. The first kappa shape index (κ1) is 17.7. The van der Waals surface area contributed by atoms with E-state index in [9.17, 15) is 4.79 Å². The quantitative estimate of drug-likeness (QED) is 0.797. The molecule has 120 valence electrons. The van der Waals surface area contributed by atoms with E-state index < -0.39 is 5.54 Å². The van der Waals surface area contributed by atoms with Gasteiger partial charge in [-0.25, -0.2) is 0 Å². The molecule has 0 aromatic carbocycles. The normalized spacial score (nSPS) is 14.2. The van der Waals surface area contributed by atoms with Crippen molar-refractivity contribution < 1.29 is 9.21 Å². The summed E-state index contributed by atoms with van der Waals surface area (Å²) in [5.41, 5.74) is 5.38. The number of rotatable bonds is 8. The fourth-order valence-corrected chi connectivity index (χ4v) is 2.32. The number of nitrogens with two attached hydrogens (primary N) is 1. The van der Waals surface area contributed by atoms with Crippen LogP contribution >= 0.6 is 0 Å². The molecule has 1 unspecified atom stereocenters. The predicted octanol–water partition coefficient (Wildman–Crippen LogP) is 2.00. The lowest BCUT2D eigenvalue weighted by Crippen LogP contribution is -2.54. The Kier molecular flexibility index (Phi) is 6.42. The number of amides is 1. The van der Waals surface area contributed by atoms with Crippen molar-refractivity contribution in [2.75, 3.05) is 27.2 Å². The lowest BCUT2D eigenvalue weighted by atomic mass is 9.95. The molecular formula is C16H29N3O2. The van der Waals surface area contributed by atoms with Crippen LogP contribution in [0.3, 0.4) is 0 Å². The lowest BCUT2D eigenvalue weighted by Gasteiger charge is -2.32. The molecule has 21 heavy (non-hydrogen) atoms. The molecule has 0 aliphatic carbocycles. The van der Waals surface area contributed by atoms with Gasteiger partial charge in [-0.3, -0.25) is 4.79 Å². The van der Waals surface area contributed by atoms with Crippen molar-refractivity contribution in [3.63, 3.8) is 0 Å². The summed E-state index contributed by atoms with van der Waals surface area (Å²) in [4.78, 5) is 16.6. The Labute approximate surface area is 128 Å². The minimum absolute atomic E-state index is 0.0137. The van der Waals surface area contributed by atoms with Crippen LogP contribution in [0.2, 0.25) is 0 Å². The largest absolute Gasteiger partial charge is 0.464 e. The molecule has 1 atom stereocenters. The molecule has 5 nitrogen and oxygen atoms in total. The van der Waals surface area contributed by atoms with Crippen LogP contribution in [0.4, 0.5) is 0 Å². The number of nitrogens with zero attached hydrogens (tertiary/aromatic N) is 2. The van der Waals surface area contributed by atoms with Gasteiger partial charge in [0.15, 0.2) is 0 Å². The zero-order valence-corrected chi connectivity index (χ0v) is 14.0. The highest BCUT2D eigenvalue weighted by atomic mass is 16.3. The summed E-state index contributed by atoms with van der Waals surface area (Å²) in [6.45, 7) is 7.67. The fraction of sp³-hybridized carbons (Fsp3) is 0.688. The van der Waals surface area contributed by atoms with Gasteiger partial charge >= 0.3 is 0 Å². The van der Waals surface area contributed by atoms with Crippen LogP contribution in [-0.2, 0) is 11.3 Å². The molecule has 1 rings (SSSR count). The first-order valence-corrected chi connectivity index (χ1v) is 7.54. The van der Waals surface area contributed by atoms with Crippen LogP contribution in [-0.4, -0.2) is 48.4 Å². The van der Waals surface area contributed by atoms with Gasteiger partial charge in [0.2, 0.25) is 5.91 Å². The topological polar surface area (TPSA) is 62.7 Å². The van der Waals surface area contributed by atoms with Gasteiger partial charge in [-0.15, -0.1) is 0 Å². The Bertz CT molecular complexity index is 452. The van der Waals surface area contributed by atoms with Gasteiger partial charge in [0.1, 0.15) is 11.5 Å². The van der Waals surface area contributed by atoms with E-state index in [2.05, 4.69) is 4.90 Å². The Morgan fingerprint density at radius 3 is 2.48 bits per heavy atom. The summed E-state index contributed by atoms with van der Waals surface area (Å²) in [6.07, 6.45) is 1.57. The van der Waals surface area contributed by atoms with E-state index in [1.54, 1.807) is 4.90 Å². The molecule has 0 radical (unpaired) electrons. The number of likely N-dealkylation sites (N-methyl/N-ethyl adjacent to an activating group) is 1. The molecule has 0 aliphatic heterocycles. The van der Waals surface area contributed by atoms with Crippen molar-refractivity contribution in [1.82, 2.24) is 9.80 Å². The maximum atomic E-state index is 12.7. The highest BCUT2D eigenvalue weighted by Crippen LogP contribution is 2.16. The monoisotopic (exact) mass is 295 g/mol. The van der Waals surface area contributed by atoms with E-state index in [1.165, 1.54) is 0 Å². The van der Waals surface area contributed by atoms with Crippen LogP contribution in [0.1, 0.15) is 38.2 Å². The van der Waals surface area contributed by atoms with E-state index >= 15 is 0 Å². The minimum atomic E-state index is -0.817. The number of carbonyl (C=O) groups excluding carboxylic acids is 1. The molecule has 0 saturated heterocycles. The number of hydrogen-bond donors (Lipinski definition) is 1. The van der Waals surface area contributed by atoms with E-state index in [0.717, 1.165) is 24.5 Å². The van der Waals surface area contributed by atoms with Gasteiger partial charge in [-0.1, -0.05) is 13.3 Å². The van der Waals surface area contributed by atoms with Crippen LogP contribution < -0.4 is 5.73 Å². The smallest absolute Gasteiger partial charge is 0.242 e. The van der Waals surface area contributed by atoms with Crippen molar-refractivity contribution >= 4 is 5.91 Å². The molecule has 1 aromatic rings. The summed E-state index contributed by atoms with van der Waals surface area (Å²) in [5.74, 6) is 1.64. The molecule has 1 aromatic heterocycles. The average molecular weight is 295 g/mol. The summed E-state index contributed by atoms with van der Waals surface area (Å²) >= 11 is 0. The van der Waals surface area contributed by atoms with Crippen LogP contribution in [0.15, 0.2) is 16.5 Å². The number of furan rings is 1. The van der Waals surface area contributed by atoms with Gasteiger partial charge in [-0.05, 0) is 46.5 Å². The summed E-state index contributed by atoms with van der Waals surface area (Å²) in [7, 11) is 3.99. The zero-order chi connectivity index (χ0) is 16.0. The first-order valence-electron chi connectivity index (χ1n) is 7.54. The lowest BCUT2D eigenvalue weighted by molar-refractivity contribution is -0.137. The van der Waals surface area contributed by atoms with Gasteiger partial charge in [0, 0.05) is 13.1 Å². The Hall–Kier alpha value is -1.33. The summed E-state index contributed by atoms with van der Waals surface area (Å²) < 4.78 is 5.60. The first-order chi connectivity index (χ1) is 9.76. The molecule has 5 heteroatoms. The van der Waals surface area contributed by atoms with Gasteiger partial charge < -0.3 is 20.0 Å². The second kappa shape index (κ2) is 7.61. The molecule has 0 bridgehead atoms. The Morgan fingerprint density at radius 2 is 2.00 bits per heavy atom. The number of carbonyl (C=O) groups is 1. The van der Waals surface area contributed by atoms with Crippen molar-refractivity contribution in [1.29, 1.82) is 0 Å². The molecular weight excluding hydrogens is 266 g/mol. The molecule has 0 saturated carbocycles. The average Bonchev–Trinajstić information content (AvgIpc) is 2.79. The second-order valence-electron chi connectivity index (χ2n) is 6.21.